The number of aromatic nitrogens is 3. The fourth-order valence-corrected chi connectivity index (χ4v) is 1.72. The lowest BCUT2D eigenvalue weighted by atomic mass is 10.2. The van der Waals surface area contributed by atoms with Crippen molar-refractivity contribution in [2.45, 2.75) is 20.4 Å². The van der Waals surface area contributed by atoms with Gasteiger partial charge in [0.25, 0.3) is 5.91 Å². The molecule has 0 spiro atoms. The predicted molar refractivity (Wildman–Crippen MR) is 69.8 cm³/mol. The Kier molecular flexibility index (Phi) is 3.50. The molecule has 0 aromatic carbocycles. The predicted octanol–water partition coefficient (Wildman–Crippen LogP) is 1.07. The summed E-state index contributed by atoms with van der Waals surface area (Å²) in [4.78, 5) is 15.9. The minimum atomic E-state index is -0.328. The van der Waals surface area contributed by atoms with Crippen molar-refractivity contribution in [3.63, 3.8) is 0 Å². The van der Waals surface area contributed by atoms with Crippen molar-refractivity contribution < 1.29 is 9.90 Å². The van der Waals surface area contributed by atoms with E-state index in [1.165, 1.54) is 6.20 Å². The summed E-state index contributed by atoms with van der Waals surface area (Å²) in [6, 6.07) is 1.56. The Hall–Kier alpha value is -2.37. The van der Waals surface area contributed by atoms with Crippen LogP contribution in [0.4, 0.5) is 0 Å². The van der Waals surface area contributed by atoms with Crippen molar-refractivity contribution in [3.05, 3.63) is 41.0 Å². The third-order valence-electron chi connectivity index (χ3n) is 3.04. The monoisotopic (exact) mass is 260 g/mol. The molecule has 1 amide bonds. The zero-order chi connectivity index (χ0) is 14.0. The molecule has 0 atom stereocenters. The molecule has 0 saturated carbocycles. The van der Waals surface area contributed by atoms with Gasteiger partial charge in [0.05, 0.1) is 18.0 Å². The van der Waals surface area contributed by atoms with E-state index in [1.807, 2.05) is 14.0 Å². The average Bonchev–Trinajstić information content (AvgIpc) is 2.70. The van der Waals surface area contributed by atoms with Crippen LogP contribution in [0.5, 0.6) is 5.75 Å². The maximum Gasteiger partial charge on any atom is 0.255 e. The third-order valence-corrected chi connectivity index (χ3v) is 3.04. The number of carbonyl (C=O) groups is 1. The second-order valence-corrected chi connectivity index (χ2v) is 4.40. The Bertz CT molecular complexity index is 619. The summed E-state index contributed by atoms with van der Waals surface area (Å²) in [6.07, 6.45) is 2.99. The van der Waals surface area contributed by atoms with Crippen molar-refractivity contribution in [1.82, 2.24) is 20.1 Å². The maximum atomic E-state index is 12.0. The van der Waals surface area contributed by atoms with Gasteiger partial charge in [0, 0.05) is 30.5 Å². The first-order valence-corrected chi connectivity index (χ1v) is 5.90. The van der Waals surface area contributed by atoms with Gasteiger partial charge in [0.15, 0.2) is 0 Å². The van der Waals surface area contributed by atoms with Gasteiger partial charge in [-0.3, -0.25) is 14.5 Å². The van der Waals surface area contributed by atoms with Gasteiger partial charge < -0.3 is 10.4 Å². The Morgan fingerprint density at radius 3 is 2.79 bits per heavy atom. The molecule has 0 aliphatic rings. The van der Waals surface area contributed by atoms with E-state index in [1.54, 1.807) is 23.9 Å². The number of nitrogens with one attached hydrogen (secondary N) is 1. The Morgan fingerprint density at radius 1 is 1.42 bits per heavy atom. The third kappa shape index (κ3) is 2.73. The van der Waals surface area contributed by atoms with Crippen molar-refractivity contribution in [2.75, 3.05) is 0 Å². The zero-order valence-electron chi connectivity index (χ0n) is 11.1. The van der Waals surface area contributed by atoms with Crippen LogP contribution in [-0.2, 0) is 13.6 Å². The summed E-state index contributed by atoms with van der Waals surface area (Å²) in [5.74, 6) is -0.447. The highest BCUT2D eigenvalue weighted by Crippen LogP contribution is 2.16. The second-order valence-electron chi connectivity index (χ2n) is 4.40. The first-order chi connectivity index (χ1) is 8.99. The van der Waals surface area contributed by atoms with Gasteiger partial charge in [0.2, 0.25) is 0 Å². The van der Waals surface area contributed by atoms with Gasteiger partial charge in [-0.1, -0.05) is 0 Å². The van der Waals surface area contributed by atoms with Gasteiger partial charge in [0.1, 0.15) is 5.75 Å². The quantitative estimate of drug-likeness (QED) is 0.865. The Labute approximate surface area is 111 Å². The number of hydrogen-bond acceptors (Lipinski definition) is 4. The molecule has 19 heavy (non-hydrogen) atoms. The molecule has 2 aromatic heterocycles. The molecule has 0 fully saturated rings. The molecule has 100 valence electrons. The minimum absolute atomic E-state index is 0.119. The topological polar surface area (TPSA) is 80.0 Å². The number of carbonyl (C=O) groups excluding carboxylic acids is 1. The number of pyridine rings is 1. The molecule has 2 N–H and O–H groups in total. The van der Waals surface area contributed by atoms with Gasteiger partial charge in [-0.05, 0) is 19.9 Å². The highest BCUT2D eigenvalue weighted by molar-refractivity contribution is 5.96. The molecule has 2 heterocycles. The average molecular weight is 260 g/mol. The standard InChI is InChI=1S/C13H16N4O2/c1-8-4-11(12(18)7-14-8)13(19)15-5-10-6-16-17(3)9(10)2/h4,6-7,18H,5H2,1-3H3,(H,15,19). The molecular weight excluding hydrogens is 244 g/mol. The van der Waals surface area contributed by atoms with Crippen LogP contribution in [0.1, 0.15) is 27.3 Å². The molecule has 2 aromatic rings. The van der Waals surface area contributed by atoms with Crippen LogP contribution in [0.2, 0.25) is 0 Å². The molecular formula is C13H16N4O2. The lowest BCUT2D eigenvalue weighted by molar-refractivity contribution is 0.0948. The minimum Gasteiger partial charge on any atom is -0.505 e. The lowest BCUT2D eigenvalue weighted by Crippen LogP contribution is -2.23. The van der Waals surface area contributed by atoms with Crippen molar-refractivity contribution in [3.8, 4) is 5.75 Å². The number of hydrogen-bond donors (Lipinski definition) is 2. The van der Waals surface area contributed by atoms with Gasteiger partial charge in [-0.15, -0.1) is 0 Å². The maximum absolute atomic E-state index is 12.0. The number of rotatable bonds is 3. The van der Waals surface area contributed by atoms with Crippen molar-refractivity contribution in [2.24, 2.45) is 7.05 Å². The first kappa shape index (κ1) is 13.1. The molecule has 0 radical (unpaired) electrons. The lowest BCUT2D eigenvalue weighted by Gasteiger charge is -2.07. The zero-order valence-corrected chi connectivity index (χ0v) is 11.1. The van der Waals surface area contributed by atoms with Crippen LogP contribution >= 0.6 is 0 Å². The van der Waals surface area contributed by atoms with E-state index in [0.717, 1.165) is 11.3 Å². The van der Waals surface area contributed by atoms with Crippen LogP contribution in [0.3, 0.4) is 0 Å². The molecule has 6 heteroatoms. The summed E-state index contributed by atoms with van der Waals surface area (Å²) in [5.41, 5.74) is 2.85. The highest BCUT2D eigenvalue weighted by Gasteiger charge is 2.12. The molecule has 0 bridgehead atoms. The molecule has 0 aliphatic heterocycles. The van der Waals surface area contributed by atoms with Crippen LogP contribution in [0.25, 0.3) is 0 Å². The number of amides is 1. The van der Waals surface area contributed by atoms with Crippen LogP contribution < -0.4 is 5.32 Å². The van der Waals surface area contributed by atoms with E-state index in [-0.39, 0.29) is 17.2 Å². The summed E-state index contributed by atoms with van der Waals surface area (Å²) < 4.78 is 1.75. The molecule has 6 nitrogen and oxygen atoms in total. The smallest absolute Gasteiger partial charge is 0.255 e. The SMILES string of the molecule is Cc1cc(C(=O)NCc2cnn(C)c2C)c(O)cn1. The van der Waals surface area contributed by atoms with Crippen molar-refractivity contribution in [1.29, 1.82) is 0 Å². The summed E-state index contributed by atoms with van der Waals surface area (Å²) in [7, 11) is 1.85. The molecule has 2 rings (SSSR count). The first-order valence-electron chi connectivity index (χ1n) is 5.90. The Morgan fingerprint density at radius 2 is 2.16 bits per heavy atom. The van der Waals surface area contributed by atoms with Crippen LogP contribution in [-0.4, -0.2) is 25.8 Å². The van der Waals surface area contributed by atoms with Gasteiger partial charge in [-0.2, -0.15) is 5.10 Å². The number of nitrogens with zero attached hydrogens (tertiary/aromatic N) is 3. The van der Waals surface area contributed by atoms with E-state index < -0.39 is 0 Å². The largest absolute Gasteiger partial charge is 0.505 e. The fourth-order valence-electron chi connectivity index (χ4n) is 1.72. The van der Waals surface area contributed by atoms with Crippen molar-refractivity contribution >= 4 is 5.91 Å². The molecule has 0 saturated heterocycles. The number of aromatic hydroxyl groups is 1. The van der Waals surface area contributed by atoms with E-state index in [2.05, 4.69) is 15.4 Å². The fraction of sp³-hybridized carbons (Fsp3) is 0.308. The van der Waals surface area contributed by atoms with E-state index in [4.69, 9.17) is 0 Å². The summed E-state index contributed by atoms with van der Waals surface area (Å²) in [5, 5.41) is 16.5. The normalized spacial score (nSPS) is 10.5. The molecule has 0 unspecified atom stereocenters. The summed E-state index contributed by atoms with van der Waals surface area (Å²) >= 11 is 0. The Balaban J connectivity index is 2.09. The van der Waals surface area contributed by atoms with Gasteiger partial charge >= 0.3 is 0 Å². The van der Waals surface area contributed by atoms with E-state index in [9.17, 15) is 9.90 Å². The van der Waals surface area contributed by atoms with Crippen LogP contribution in [0, 0.1) is 13.8 Å². The van der Waals surface area contributed by atoms with E-state index >= 15 is 0 Å². The highest BCUT2D eigenvalue weighted by atomic mass is 16.3. The van der Waals surface area contributed by atoms with Crippen LogP contribution in [0.15, 0.2) is 18.5 Å². The van der Waals surface area contributed by atoms with E-state index in [0.29, 0.717) is 12.2 Å². The van der Waals surface area contributed by atoms with Gasteiger partial charge in [-0.25, -0.2) is 0 Å². The second kappa shape index (κ2) is 5.09. The summed E-state index contributed by atoms with van der Waals surface area (Å²) in [6.45, 7) is 4.07. The molecule has 0 aliphatic carbocycles. The number of aryl methyl sites for hydroxylation is 2.